The van der Waals surface area contributed by atoms with Crippen LogP contribution in [0.25, 0.3) is 0 Å². The van der Waals surface area contributed by atoms with Crippen molar-refractivity contribution >= 4 is 40.0 Å². The molecular formula is C21H46IN5O3S. The Balaban J connectivity index is 0.00000900. The van der Waals surface area contributed by atoms with Gasteiger partial charge in [0.05, 0.1) is 18.5 Å². The van der Waals surface area contributed by atoms with Crippen molar-refractivity contribution in [3.63, 3.8) is 0 Å². The third-order valence-electron chi connectivity index (χ3n) is 5.08. The number of rotatable bonds is 14. The molecule has 1 N–H and O–H groups in total. The van der Waals surface area contributed by atoms with Gasteiger partial charge in [0, 0.05) is 39.3 Å². The minimum Gasteiger partial charge on any atom is -0.378 e. The minimum atomic E-state index is -3.26. The van der Waals surface area contributed by atoms with Gasteiger partial charge in [0.25, 0.3) is 0 Å². The number of hydrogen-bond acceptors (Lipinski definition) is 5. The molecule has 1 saturated heterocycles. The summed E-state index contributed by atoms with van der Waals surface area (Å²) in [5, 5.41) is 3.36. The second-order valence-electron chi connectivity index (χ2n) is 8.43. The first kappa shape index (κ1) is 30.8. The lowest BCUT2D eigenvalue weighted by molar-refractivity contribution is 0.0904. The van der Waals surface area contributed by atoms with E-state index in [1.807, 2.05) is 13.8 Å². The maximum absolute atomic E-state index is 12.5. The second-order valence-corrected chi connectivity index (χ2v) is 10.5. The van der Waals surface area contributed by atoms with Gasteiger partial charge in [-0.25, -0.2) is 8.42 Å². The van der Waals surface area contributed by atoms with Gasteiger partial charge in [0.1, 0.15) is 0 Å². The smallest absolute Gasteiger partial charge is 0.216 e. The molecule has 1 rings (SSSR count). The van der Waals surface area contributed by atoms with Crippen LogP contribution in [0.3, 0.4) is 0 Å². The molecule has 0 bridgehead atoms. The van der Waals surface area contributed by atoms with Gasteiger partial charge in [-0.1, -0.05) is 19.3 Å². The third kappa shape index (κ3) is 13.9. The van der Waals surface area contributed by atoms with Gasteiger partial charge in [-0.15, -0.1) is 24.0 Å². The molecule has 0 unspecified atom stereocenters. The lowest BCUT2D eigenvalue weighted by Crippen LogP contribution is -2.54. The fourth-order valence-electron chi connectivity index (χ4n) is 3.38. The van der Waals surface area contributed by atoms with Crippen LogP contribution in [0.2, 0.25) is 0 Å². The highest BCUT2D eigenvalue weighted by molar-refractivity contribution is 14.0. The van der Waals surface area contributed by atoms with Crippen LogP contribution in [0.4, 0.5) is 0 Å². The van der Waals surface area contributed by atoms with Gasteiger partial charge >= 0.3 is 0 Å². The summed E-state index contributed by atoms with van der Waals surface area (Å²) in [5.74, 6) is 0.957. The van der Waals surface area contributed by atoms with Crippen LogP contribution in [0.1, 0.15) is 52.9 Å². The summed E-state index contributed by atoms with van der Waals surface area (Å²) in [7, 11) is 0.978. The molecule has 10 heteroatoms. The molecule has 0 spiro atoms. The van der Waals surface area contributed by atoms with Crippen molar-refractivity contribution in [2.45, 2.75) is 59.0 Å². The standard InChI is InChI=1S/C21H45N5O3S.HI/c1-6-22-21(23-12-10-8-7-9-11-13-24(4)5)25-14-16-26(17-15-25)30(27,28)19-18-29-20(2)3;/h20H,6-19H2,1-5H3,(H,22,23);1H. The topological polar surface area (TPSA) is 77.5 Å². The zero-order chi connectivity index (χ0) is 22.4. The summed E-state index contributed by atoms with van der Waals surface area (Å²) in [5.41, 5.74) is 0. The summed E-state index contributed by atoms with van der Waals surface area (Å²) in [6, 6.07) is 0. The molecule has 0 aromatic rings. The number of aliphatic imine (C=N–C) groups is 1. The summed E-state index contributed by atoms with van der Waals surface area (Å²) < 4.78 is 32.0. The van der Waals surface area contributed by atoms with Crippen molar-refractivity contribution in [2.24, 2.45) is 4.99 Å². The van der Waals surface area contributed by atoms with Crippen molar-refractivity contribution in [1.82, 2.24) is 19.4 Å². The largest absolute Gasteiger partial charge is 0.378 e. The number of ether oxygens (including phenoxy) is 1. The predicted molar refractivity (Wildman–Crippen MR) is 141 cm³/mol. The highest BCUT2D eigenvalue weighted by Gasteiger charge is 2.27. The Kier molecular flexibility index (Phi) is 17.2. The Labute approximate surface area is 208 Å². The predicted octanol–water partition coefficient (Wildman–Crippen LogP) is 2.45. The van der Waals surface area contributed by atoms with Crippen LogP contribution in [0, 0.1) is 0 Å². The van der Waals surface area contributed by atoms with Crippen molar-refractivity contribution in [2.75, 3.05) is 72.3 Å². The number of nitrogens with zero attached hydrogens (tertiary/aromatic N) is 4. The Morgan fingerprint density at radius 3 is 2.26 bits per heavy atom. The Morgan fingerprint density at radius 1 is 1.06 bits per heavy atom. The number of nitrogens with one attached hydrogen (secondary N) is 1. The van der Waals surface area contributed by atoms with E-state index >= 15 is 0 Å². The molecule has 1 fully saturated rings. The average Bonchev–Trinajstić information content (AvgIpc) is 2.68. The molecule has 0 atom stereocenters. The maximum Gasteiger partial charge on any atom is 0.216 e. The second kappa shape index (κ2) is 17.3. The molecule has 186 valence electrons. The van der Waals surface area contributed by atoms with Crippen LogP contribution in [-0.2, 0) is 14.8 Å². The molecule has 8 nitrogen and oxygen atoms in total. The molecule has 1 aliphatic heterocycles. The summed E-state index contributed by atoms with van der Waals surface area (Å²) >= 11 is 0. The van der Waals surface area contributed by atoms with Gasteiger partial charge in [-0.3, -0.25) is 4.99 Å². The van der Waals surface area contributed by atoms with Crippen molar-refractivity contribution in [1.29, 1.82) is 0 Å². The Morgan fingerprint density at radius 2 is 1.68 bits per heavy atom. The van der Waals surface area contributed by atoms with E-state index in [4.69, 9.17) is 9.73 Å². The van der Waals surface area contributed by atoms with Crippen molar-refractivity contribution in [3.05, 3.63) is 0 Å². The average molecular weight is 576 g/mol. The van der Waals surface area contributed by atoms with E-state index in [0.29, 0.717) is 26.2 Å². The molecule has 0 amide bonds. The number of unbranched alkanes of at least 4 members (excludes halogenated alkanes) is 4. The van der Waals surface area contributed by atoms with Crippen LogP contribution < -0.4 is 5.32 Å². The van der Waals surface area contributed by atoms with Gasteiger partial charge in [-0.05, 0) is 54.3 Å². The summed E-state index contributed by atoms with van der Waals surface area (Å²) in [6.07, 6.45) is 6.16. The number of sulfonamides is 1. The van der Waals surface area contributed by atoms with Gasteiger partial charge in [0.2, 0.25) is 10.0 Å². The van der Waals surface area contributed by atoms with Crippen LogP contribution in [0.15, 0.2) is 4.99 Å². The lowest BCUT2D eigenvalue weighted by Gasteiger charge is -2.36. The quantitative estimate of drug-likeness (QED) is 0.149. The van der Waals surface area contributed by atoms with E-state index in [-0.39, 0.29) is 42.4 Å². The van der Waals surface area contributed by atoms with Gasteiger partial charge in [0.15, 0.2) is 5.96 Å². The minimum absolute atomic E-state index is 0. The van der Waals surface area contributed by atoms with Crippen LogP contribution in [-0.4, -0.2) is 107 Å². The Bertz CT molecular complexity index is 580. The molecule has 1 heterocycles. The van der Waals surface area contributed by atoms with E-state index in [2.05, 4.69) is 36.1 Å². The maximum atomic E-state index is 12.5. The molecule has 31 heavy (non-hydrogen) atoms. The van der Waals surface area contributed by atoms with Crippen LogP contribution in [0.5, 0.6) is 0 Å². The highest BCUT2D eigenvalue weighted by Crippen LogP contribution is 2.10. The number of hydrogen-bond donors (Lipinski definition) is 1. The monoisotopic (exact) mass is 575 g/mol. The lowest BCUT2D eigenvalue weighted by atomic mass is 10.1. The van der Waals surface area contributed by atoms with E-state index in [1.54, 1.807) is 4.31 Å². The van der Waals surface area contributed by atoms with Crippen molar-refractivity contribution in [3.8, 4) is 0 Å². The molecule has 1 aliphatic rings. The Hall–Kier alpha value is -0.170. The van der Waals surface area contributed by atoms with Gasteiger partial charge in [-0.2, -0.15) is 4.31 Å². The molecular weight excluding hydrogens is 529 g/mol. The summed E-state index contributed by atoms with van der Waals surface area (Å²) in [6.45, 7) is 11.3. The molecule has 0 aromatic carbocycles. The van der Waals surface area contributed by atoms with E-state index in [0.717, 1.165) is 32.0 Å². The fraction of sp³-hybridized carbons (Fsp3) is 0.952. The molecule has 0 saturated carbocycles. The zero-order valence-electron chi connectivity index (χ0n) is 20.3. The number of guanidine groups is 1. The van der Waals surface area contributed by atoms with E-state index < -0.39 is 10.0 Å². The number of piperazine rings is 1. The third-order valence-corrected chi connectivity index (χ3v) is 6.92. The first-order chi connectivity index (χ1) is 14.3. The highest BCUT2D eigenvalue weighted by atomic mass is 127. The zero-order valence-corrected chi connectivity index (χ0v) is 23.5. The SMILES string of the molecule is CCNC(=NCCCCCCCN(C)C)N1CCN(S(=O)(=O)CCOC(C)C)CC1.I. The van der Waals surface area contributed by atoms with E-state index in [1.165, 1.54) is 25.7 Å². The molecule has 0 aliphatic carbocycles. The molecule has 0 aromatic heterocycles. The number of halogens is 1. The van der Waals surface area contributed by atoms with Crippen LogP contribution >= 0.6 is 24.0 Å². The normalized spacial score (nSPS) is 16.1. The van der Waals surface area contributed by atoms with Crippen molar-refractivity contribution < 1.29 is 13.2 Å². The first-order valence-electron chi connectivity index (χ1n) is 11.5. The van der Waals surface area contributed by atoms with Gasteiger partial charge < -0.3 is 19.9 Å². The first-order valence-corrected chi connectivity index (χ1v) is 13.1. The summed E-state index contributed by atoms with van der Waals surface area (Å²) in [4.78, 5) is 9.19. The fourth-order valence-corrected chi connectivity index (χ4v) is 4.66. The molecule has 0 radical (unpaired) electrons. The van der Waals surface area contributed by atoms with E-state index in [9.17, 15) is 8.42 Å².